The van der Waals surface area contributed by atoms with E-state index >= 15 is 0 Å². The number of hydrogen-bond acceptors (Lipinski definition) is 3. The number of benzene rings is 3. The largest absolute Gasteiger partial charge is 0.494 e. The van der Waals surface area contributed by atoms with Gasteiger partial charge in [-0.3, -0.25) is 4.79 Å². The Morgan fingerprint density at radius 3 is 2.57 bits per heavy atom. The van der Waals surface area contributed by atoms with E-state index in [1.165, 1.54) is 16.5 Å². The third kappa shape index (κ3) is 5.48. The van der Waals surface area contributed by atoms with Gasteiger partial charge in [-0.1, -0.05) is 35.9 Å². The smallest absolute Gasteiger partial charge is 0.416 e. The number of rotatable bonds is 8. The van der Waals surface area contributed by atoms with E-state index in [2.05, 4.69) is 4.57 Å². The molecule has 8 heteroatoms. The van der Waals surface area contributed by atoms with Crippen LogP contribution in [-0.2, 0) is 17.5 Å². The van der Waals surface area contributed by atoms with Crippen molar-refractivity contribution in [3.8, 4) is 5.75 Å². The summed E-state index contributed by atoms with van der Waals surface area (Å²) < 4.78 is 47.7. The van der Waals surface area contributed by atoms with Crippen LogP contribution in [-0.4, -0.2) is 28.6 Å². The number of carbonyl (C=O) groups is 1. The number of hydrogen-bond donors (Lipinski definition) is 0. The van der Waals surface area contributed by atoms with Crippen molar-refractivity contribution in [2.45, 2.75) is 44.8 Å². The highest BCUT2D eigenvalue weighted by Gasteiger charge is 2.36. The standard InChI is InChI=1S/C29H28F3N3O2/c1-20-11-13-24(14-12-20)37-16-5-4-15-34-26-10-3-2-9-25(26)33-28(34)21-17-27(36)35(19-21)23-8-6-7-22(18-23)29(30,31)32/h2-3,6-14,18,21H,4-5,15-17,19H2,1H3. The molecular formula is C29H28F3N3O2. The molecule has 0 spiro atoms. The number of amides is 1. The lowest BCUT2D eigenvalue weighted by atomic mass is 10.1. The maximum absolute atomic E-state index is 13.2. The molecule has 192 valence electrons. The van der Waals surface area contributed by atoms with E-state index in [9.17, 15) is 18.0 Å². The normalized spacial score (nSPS) is 16.1. The zero-order valence-electron chi connectivity index (χ0n) is 20.5. The van der Waals surface area contributed by atoms with Gasteiger partial charge in [-0.15, -0.1) is 0 Å². The van der Waals surface area contributed by atoms with E-state index in [1.54, 1.807) is 6.07 Å². The Hall–Kier alpha value is -3.81. The van der Waals surface area contributed by atoms with E-state index < -0.39 is 11.7 Å². The van der Waals surface area contributed by atoms with Crippen LogP contribution in [0, 0.1) is 6.92 Å². The van der Waals surface area contributed by atoms with Crippen molar-refractivity contribution >= 4 is 22.6 Å². The topological polar surface area (TPSA) is 47.4 Å². The Bertz CT molecular complexity index is 1400. The molecule has 1 aromatic heterocycles. The van der Waals surface area contributed by atoms with Crippen molar-refractivity contribution < 1.29 is 22.7 Å². The predicted molar refractivity (Wildman–Crippen MR) is 137 cm³/mol. The molecule has 0 saturated carbocycles. The second-order valence-electron chi connectivity index (χ2n) is 9.43. The van der Waals surface area contributed by atoms with Gasteiger partial charge in [0.1, 0.15) is 11.6 Å². The van der Waals surface area contributed by atoms with Crippen LogP contribution in [0.2, 0.25) is 0 Å². The van der Waals surface area contributed by atoms with E-state index in [1.807, 2.05) is 55.5 Å². The molecule has 1 unspecified atom stereocenters. The Kier molecular flexibility index (Phi) is 6.91. The number of carbonyl (C=O) groups excluding carboxylic acids is 1. The number of aryl methyl sites for hydroxylation is 2. The Morgan fingerprint density at radius 2 is 1.78 bits per heavy atom. The van der Waals surface area contributed by atoms with E-state index in [0.717, 1.165) is 47.6 Å². The fraction of sp³-hybridized carbons (Fsp3) is 0.310. The first-order valence-electron chi connectivity index (χ1n) is 12.4. The summed E-state index contributed by atoms with van der Waals surface area (Å²) in [6.45, 7) is 3.63. The molecule has 1 fully saturated rings. The van der Waals surface area contributed by atoms with Gasteiger partial charge in [0.2, 0.25) is 5.91 Å². The number of para-hydroxylation sites is 2. The van der Waals surface area contributed by atoms with Gasteiger partial charge in [-0.2, -0.15) is 13.2 Å². The average Bonchev–Trinajstić information content (AvgIpc) is 3.45. The molecule has 1 atom stereocenters. The van der Waals surface area contributed by atoms with Crippen molar-refractivity contribution in [2.75, 3.05) is 18.1 Å². The van der Waals surface area contributed by atoms with Crippen molar-refractivity contribution in [3.63, 3.8) is 0 Å². The summed E-state index contributed by atoms with van der Waals surface area (Å²) in [5.74, 6) is 1.23. The lowest BCUT2D eigenvalue weighted by molar-refractivity contribution is -0.137. The first kappa shape index (κ1) is 24.9. The summed E-state index contributed by atoms with van der Waals surface area (Å²) in [5, 5.41) is 0. The Labute approximate surface area is 213 Å². The first-order chi connectivity index (χ1) is 17.8. The summed E-state index contributed by atoms with van der Waals surface area (Å²) >= 11 is 0. The van der Waals surface area contributed by atoms with Crippen LogP contribution in [0.3, 0.4) is 0 Å². The molecular weight excluding hydrogens is 479 g/mol. The van der Waals surface area contributed by atoms with E-state index in [0.29, 0.717) is 19.7 Å². The highest BCUT2D eigenvalue weighted by Crippen LogP contribution is 2.36. The van der Waals surface area contributed by atoms with Crippen molar-refractivity contribution in [1.82, 2.24) is 9.55 Å². The van der Waals surface area contributed by atoms with Crippen LogP contribution in [0.4, 0.5) is 18.9 Å². The lowest BCUT2D eigenvalue weighted by Crippen LogP contribution is -2.25. The Balaban J connectivity index is 1.30. The molecule has 1 aliphatic rings. The molecule has 0 aliphatic carbocycles. The van der Waals surface area contributed by atoms with Gasteiger partial charge < -0.3 is 14.2 Å². The van der Waals surface area contributed by atoms with Crippen molar-refractivity contribution in [3.05, 3.63) is 89.7 Å². The molecule has 5 nitrogen and oxygen atoms in total. The van der Waals surface area contributed by atoms with Crippen LogP contribution in [0.1, 0.15) is 42.1 Å². The molecule has 5 rings (SSSR count). The number of anilines is 1. The van der Waals surface area contributed by atoms with Gasteiger partial charge in [-0.25, -0.2) is 4.98 Å². The zero-order chi connectivity index (χ0) is 26.0. The number of fused-ring (bicyclic) bond motifs is 1. The minimum Gasteiger partial charge on any atom is -0.494 e. The summed E-state index contributed by atoms with van der Waals surface area (Å²) in [6.07, 6.45) is -2.55. The fourth-order valence-corrected chi connectivity index (χ4v) is 4.82. The number of halogens is 3. The number of unbranched alkanes of at least 4 members (excludes halogenated alkanes) is 1. The molecule has 0 bridgehead atoms. The third-order valence-corrected chi connectivity index (χ3v) is 6.73. The Morgan fingerprint density at radius 1 is 1.00 bits per heavy atom. The minimum absolute atomic E-state index is 0.200. The SMILES string of the molecule is Cc1ccc(OCCCCn2c(C3CC(=O)N(c4cccc(C(F)(F)F)c4)C3)nc3ccccc32)cc1. The number of nitrogens with zero attached hydrogens (tertiary/aromatic N) is 3. The summed E-state index contributed by atoms with van der Waals surface area (Å²) in [7, 11) is 0. The van der Waals surface area contributed by atoms with Gasteiger partial charge >= 0.3 is 6.18 Å². The molecule has 37 heavy (non-hydrogen) atoms. The molecule has 0 N–H and O–H groups in total. The van der Waals surface area contributed by atoms with Gasteiger partial charge in [0, 0.05) is 31.1 Å². The maximum Gasteiger partial charge on any atom is 0.416 e. The second-order valence-corrected chi connectivity index (χ2v) is 9.43. The van der Waals surface area contributed by atoms with Crippen LogP contribution in [0.25, 0.3) is 11.0 Å². The summed E-state index contributed by atoms with van der Waals surface area (Å²) in [6, 6.07) is 20.7. The third-order valence-electron chi connectivity index (χ3n) is 6.73. The molecule has 1 amide bonds. The molecule has 1 saturated heterocycles. The highest BCUT2D eigenvalue weighted by atomic mass is 19.4. The quantitative estimate of drug-likeness (QED) is 0.248. The molecule has 0 radical (unpaired) electrons. The molecule has 4 aromatic rings. The highest BCUT2D eigenvalue weighted by molar-refractivity contribution is 5.96. The number of imidazole rings is 1. The minimum atomic E-state index is -4.46. The van der Waals surface area contributed by atoms with Crippen LogP contribution >= 0.6 is 0 Å². The number of alkyl halides is 3. The van der Waals surface area contributed by atoms with Crippen LogP contribution < -0.4 is 9.64 Å². The first-order valence-corrected chi connectivity index (χ1v) is 12.4. The van der Waals surface area contributed by atoms with E-state index in [4.69, 9.17) is 9.72 Å². The fourth-order valence-electron chi connectivity index (χ4n) is 4.82. The summed E-state index contributed by atoms with van der Waals surface area (Å²) in [4.78, 5) is 19.2. The lowest BCUT2D eigenvalue weighted by Gasteiger charge is -2.19. The van der Waals surface area contributed by atoms with Gasteiger partial charge in [0.25, 0.3) is 0 Å². The number of aromatic nitrogens is 2. The summed E-state index contributed by atoms with van der Waals surface area (Å²) in [5.41, 5.74) is 2.52. The average molecular weight is 508 g/mol. The van der Waals surface area contributed by atoms with Gasteiger partial charge in [-0.05, 0) is 62.2 Å². The maximum atomic E-state index is 13.2. The number of ether oxygens (including phenoxy) is 1. The van der Waals surface area contributed by atoms with Crippen LogP contribution in [0.15, 0.2) is 72.8 Å². The van der Waals surface area contributed by atoms with Gasteiger partial charge in [0.05, 0.1) is 23.2 Å². The molecule has 1 aliphatic heterocycles. The van der Waals surface area contributed by atoms with E-state index in [-0.39, 0.29) is 23.9 Å². The molecule has 3 aromatic carbocycles. The monoisotopic (exact) mass is 507 g/mol. The predicted octanol–water partition coefficient (Wildman–Crippen LogP) is 6.74. The second kappa shape index (κ2) is 10.3. The van der Waals surface area contributed by atoms with Crippen molar-refractivity contribution in [2.24, 2.45) is 0 Å². The molecule has 2 heterocycles. The zero-order valence-corrected chi connectivity index (χ0v) is 20.5. The van der Waals surface area contributed by atoms with Gasteiger partial charge in [0.15, 0.2) is 0 Å². The van der Waals surface area contributed by atoms with Crippen LogP contribution in [0.5, 0.6) is 5.75 Å². The van der Waals surface area contributed by atoms with Crippen molar-refractivity contribution in [1.29, 1.82) is 0 Å².